The summed E-state index contributed by atoms with van der Waals surface area (Å²) in [7, 11) is 0. The van der Waals surface area contributed by atoms with Crippen LogP contribution in [0.4, 0.5) is 11.8 Å². The van der Waals surface area contributed by atoms with Gasteiger partial charge in [-0.2, -0.15) is 10.2 Å². The molecule has 0 spiro atoms. The van der Waals surface area contributed by atoms with E-state index in [1.807, 2.05) is 25.1 Å². The lowest BCUT2D eigenvalue weighted by Crippen LogP contribution is -2.41. The monoisotopic (exact) mass is 413 g/mol. The molecule has 154 valence electrons. The summed E-state index contributed by atoms with van der Waals surface area (Å²) in [5.74, 6) is 1.04. The van der Waals surface area contributed by atoms with E-state index in [-0.39, 0.29) is 17.6 Å². The van der Waals surface area contributed by atoms with Gasteiger partial charge in [0.1, 0.15) is 17.5 Å². The van der Waals surface area contributed by atoms with Crippen LogP contribution >= 0.6 is 11.6 Å². The van der Waals surface area contributed by atoms with Gasteiger partial charge in [-0.05, 0) is 61.3 Å². The fourth-order valence-electron chi connectivity index (χ4n) is 3.85. The number of aliphatic hydroxyl groups excluding tert-OH is 1. The van der Waals surface area contributed by atoms with Gasteiger partial charge in [-0.15, -0.1) is 0 Å². The molecule has 3 N–H and O–H groups in total. The van der Waals surface area contributed by atoms with Gasteiger partial charge in [-0.1, -0.05) is 31.5 Å². The molecule has 7 heteroatoms. The third kappa shape index (κ3) is 5.37. The van der Waals surface area contributed by atoms with E-state index in [1.54, 1.807) is 6.20 Å². The summed E-state index contributed by atoms with van der Waals surface area (Å²) in [6.07, 6.45) is 4.48. The molecule has 6 nitrogen and oxygen atoms in total. The molecule has 1 aliphatic rings. The maximum Gasteiger partial charge on any atom is 0.224 e. The summed E-state index contributed by atoms with van der Waals surface area (Å²) in [6, 6.07) is 8.21. The minimum atomic E-state index is -0.296. The number of hydrogen-bond donors (Lipinski definition) is 3. The summed E-state index contributed by atoms with van der Waals surface area (Å²) >= 11 is 6.02. The number of nitrogens with zero attached hydrogens (tertiary/aromatic N) is 3. The van der Waals surface area contributed by atoms with Crippen LogP contribution in [0.2, 0.25) is 5.02 Å². The fraction of sp³-hybridized carbons (Fsp3) is 0.500. The van der Waals surface area contributed by atoms with Gasteiger partial charge in [-0.3, -0.25) is 0 Å². The van der Waals surface area contributed by atoms with Crippen LogP contribution < -0.4 is 10.6 Å². The lowest BCUT2D eigenvalue weighted by atomic mass is 9.73. The summed E-state index contributed by atoms with van der Waals surface area (Å²) in [4.78, 5) is 8.80. The van der Waals surface area contributed by atoms with Gasteiger partial charge in [0.2, 0.25) is 5.95 Å². The van der Waals surface area contributed by atoms with Gasteiger partial charge in [0.25, 0.3) is 0 Å². The first-order valence-corrected chi connectivity index (χ1v) is 10.4. The fourth-order valence-corrected chi connectivity index (χ4v) is 4.07. The van der Waals surface area contributed by atoms with Gasteiger partial charge in [0, 0.05) is 17.6 Å². The lowest BCUT2D eigenvalue weighted by Gasteiger charge is -2.40. The Morgan fingerprint density at radius 3 is 2.83 bits per heavy atom. The summed E-state index contributed by atoms with van der Waals surface area (Å²) in [6.45, 7) is 6.87. The normalized spacial score (nSPS) is 20.7. The largest absolute Gasteiger partial charge is 0.393 e. The average molecular weight is 414 g/mol. The molecule has 2 aromatic rings. The Morgan fingerprint density at radius 2 is 2.14 bits per heavy atom. The smallest absolute Gasteiger partial charge is 0.224 e. The first kappa shape index (κ1) is 21.4. The van der Waals surface area contributed by atoms with Gasteiger partial charge in [-0.25, -0.2) is 4.98 Å². The molecule has 0 aliphatic heterocycles. The Labute approximate surface area is 177 Å². The molecule has 1 fully saturated rings. The highest BCUT2D eigenvalue weighted by molar-refractivity contribution is 6.30. The zero-order chi connectivity index (χ0) is 21.0. The first-order valence-electron chi connectivity index (χ1n) is 9.99. The molecule has 1 aromatic carbocycles. The number of aryl methyl sites for hydroxylation is 1. The standard InChI is InChI=1S/C22H28ClN5O/c1-14-10-17(23)5-4-15(14)8-9-25-21-26-13-16(12-24)20(28-21)27-18-6-7-19(29)22(2,3)11-18/h4-5,10,13,18-19,29H,6-9,11H2,1-3H3,(H2,25,26,27,28)/t18-,19+/m1/s1. The summed E-state index contributed by atoms with van der Waals surface area (Å²) < 4.78 is 0. The van der Waals surface area contributed by atoms with E-state index in [0.29, 0.717) is 23.9 Å². The van der Waals surface area contributed by atoms with Crippen molar-refractivity contribution >= 4 is 23.4 Å². The molecule has 0 unspecified atom stereocenters. The predicted octanol–water partition coefficient (Wildman–Crippen LogP) is 4.32. The lowest BCUT2D eigenvalue weighted by molar-refractivity contribution is 0.00926. The number of benzene rings is 1. The number of hydrogen-bond acceptors (Lipinski definition) is 6. The molecule has 1 heterocycles. The Hall–Kier alpha value is -2.36. The van der Waals surface area contributed by atoms with Crippen molar-refractivity contribution in [3.05, 3.63) is 46.1 Å². The highest BCUT2D eigenvalue weighted by atomic mass is 35.5. The molecule has 2 atom stereocenters. The van der Waals surface area contributed by atoms with Crippen molar-refractivity contribution in [1.29, 1.82) is 5.26 Å². The van der Waals surface area contributed by atoms with Crippen molar-refractivity contribution in [3.63, 3.8) is 0 Å². The number of rotatable bonds is 6. The van der Waals surface area contributed by atoms with Crippen LogP contribution in [0.5, 0.6) is 0 Å². The summed E-state index contributed by atoms with van der Waals surface area (Å²) in [5.41, 5.74) is 2.64. The second kappa shape index (κ2) is 8.98. The maximum absolute atomic E-state index is 10.2. The zero-order valence-electron chi connectivity index (χ0n) is 17.2. The average Bonchev–Trinajstić information content (AvgIpc) is 2.66. The quantitative estimate of drug-likeness (QED) is 0.653. The van der Waals surface area contributed by atoms with Crippen LogP contribution in [0, 0.1) is 23.7 Å². The van der Waals surface area contributed by atoms with E-state index >= 15 is 0 Å². The van der Waals surface area contributed by atoms with E-state index in [4.69, 9.17) is 11.6 Å². The molecule has 29 heavy (non-hydrogen) atoms. The van der Waals surface area contributed by atoms with Gasteiger partial charge in [0.05, 0.1) is 12.3 Å². The number of aromatic nitrogens is 2. The predicted molar refractivity (Wildman–Crippen MR) is 116 cm³/mol. The van der Waals surface area contributed by atoms with Gasteiger partial charge in [0.15, 0.2) is 0 Å². The highest BCUT2D eigenvalue weighted by Crippen LogP contribution is 2.36. The topological polar surface area (TPSA) is 93.9 Å². The molecule has 0 bridgehead atoms. The van der Waals surface area contributed by atoms with Crippen molar-refractivity contribution in [2.45, 2.75) is 58.6 Å². The minimum Gasteiger partial charge on any atom is -0.393 e. The molecule has 3 rings (SSSR count). The molecule has 1 saturated carbocycles. The van der Waals surface area contributed by atoms with Crippen molar-refractivity contribution in [2.75, 3.05) is 17.2 Å². The second-order valence-corrected chi connectivity index (χ2v) is 8.88. The minimum absolute atomic E-state index is 0.159. The second-order valence-electron chi connectivity index (χ2n) is 8.44. The Morgan fingerprint density at radius 1 is 1.34 bits per heavy atom. The van der Waals surface area contributed by atoms with Gasteiger partial charge >= 0.3 is 0 Å². The zero-order valence-corrected chi connectivity index (χ0v) is 17.9. The van der Waals surface area contributed by atoms with Crippen LogP contribution in [-0.2, 0) is 6.42 Å². The van der Waals surface area contributed by atoms with Crippen LogP contribution in [0.1, 0.15) is 49.8 Å². The molecule has 0 saturated heterocycles. The van der Waals surface area contributed by atoms with Crippen molar-refractivity contribution in [3.8, 4) is 6.07 Å². The Balaban J connectivity index is 1.65. The highest BCUT2D eigenvalue weighted by Gasteiger charge is 2.35. The Kier molecular flexibility index (Phi) is 6.61. The van der Waals surface area contributed by atoms with Crippen LogP contribution in [-0.4, -0.2) is 33.8 Å². The van der Waals surface area contributed by atoms with Crippen molar-refractivity contribution < 1.29 is 5.11 Å². The van der Waals surface area contributed by atoms with E-state index < -0.39 is 0 Å². The molecule has 0 amide bonds. The van der Waals surface area contributed by atoms with Crippen LogP contribution in [0.25, 0.3) is 0 Å². The van der Waals surface area contributed by atoms with Crippen LogP contribution in [0.3, 0.4) is 0 Å². The maximum atomic E-state index is 10.2. The number of aliphatic hydroxyl groups is 1. The summed E-state index contributed by atoms with van der Waals surface area (Å²) in [5, 5.41) is 27.0. The van der Waals surface area contributed by atoms with E-state index in [2.05, 4.69) is 40.5 Å². The SMILES string of the molecule is Cc1cc(Cl)ccc1CCNc1ncc(C#N)c(N[C@@H]2CC[C@H](O)C(C)(C)C2)n1. The first-order chi connectivity index (χ1) is 13.8. The third-order valence-electron chi connectivity index (χ3n) is 5.70. The number of anilines is 2. The van der Waals surface area contributed by atoms with E-state index in [1.165, 1.54) is 5.56 Å². The van der Waals surface area contributed by atoms with Crippen molar-refractivity contribution in [1.82, 2.24) is 9.97 Å². The molecular formula is C22H28ClN5O. The molecule has 1 aliphatic carbocycles. The van der Waals surface area contributed by atoms with Crippen molar-refractivity contribution in [2.24, 2.45) is 5.41 Å². The third-order valence-corrected chi connectivity index (χ3v) is 5.93. The van der Waals surface area contributed by atoms with Crippen LogP contribution in [0.15, 0.2) is 24.4 Å². The number of halogens is 1. The van der Waals surface area contributed by atoms with E-state index in [0.717, 1.165) is 36.3 Å². The Bertz CT molecular complexity index is 909. The molecule has 1 aromatic heterocycles. The number of nitriles is 1. The van der Waals surface area contributed by atoms with Gasteiger partial charge < -0.3 is 15.7 Å². The molecule has 0 radical (unpaired) electrons. The van der Waals surface area contributed by atoms with E-state index in [9.17, 15) is 10.4 Å². The number of nitrogens with one attached hydrogen (secondary N) is 2. The molecular weight excluding hydrogens is 386 g/mol.